The maximum atomic E-state index is 13.9. The molecule has 1 saturated heterocycles. The molecule has 1 fully saturated rings. The Hall–Kier alpha value is -4.55. The average molecular weight is 500 g/mol. The molecule has 6 nitrogen and oxygen atoms in total. The molecule has 6 rings (SSSR count). The zero-order valence-corrected chi connectivity index (χ0v) is 21.1. The van der Waals surface area contributed by atoms with Gasteiger partial charge < -0.3 is 4.90 Å². The number of hydrogen-bond donors (Lipinski definition) is 0. The Morgan fingerprint density at radius 1 is 0.711 bits per heavy atom. The number of aromatic nitrogens is 3. The Morgan fingerprint density at radius 2 is 1.32 bits per heavy atom. The third kappa shape index (κ3) is 4.86. The maximum Gasteiger partial charge on any atom is 0.257 e. The number of nitrogens with zero attached hydrogens (tertiary/aromatic N) is 5. The molecule has 1 aliphatic heterocycles. The van der Waals surface area contributed by atoms with E-state index in [1.165, 1.54) is 11.1 Å². The number of carbonyl (C=O) groups excluding carboxylic acids is 1. The van der Waals surface area contributed by atoms with Crippen LogP contribution in [0.15, 0.2) is 122 Å². The van der Waals surface area contributed by atoms with E-state index < -0.39 is 0 Å². The zero-order valence-electron chi connectivity index (χ0n) is 21.1. The molecular formula is C32H29N5O. The number of piperazine rings is 1. The molecule has 1 amide bonds. The van der Waals surface area contributed by atoms with Crippen molar-refractivity contribution in [1.29, 1.82) is 0 Å². The summed E-state index contributed by atoms with van der Waals surface area (Å²) in [4.78, 5) is 22.6. The Balaban J connectivity index is 1.26. The highest BCUT2D eigenvalue weighted by molar-refractivity contribution is 6.00. The molecule has 0 bridgehead atoms. The molecule has 0 N–H and O–H groups in total. The van der Waals surface area contributed by atoms with Crippen LogP contribution in [0, 0.1) is 0 Å². The Morgan fingerprint density at radius 3 is 1.89 bits per heavy atom. The maximum absolute atomic E-state index is 13.9. The van der Waals surface area contributed by atoms with Gasteiger partial charge in [-0.2, -0.15) is 5.10 Å². The summed E-state index contributed by atoms with van der Waals surface area (Å²) in [5, 5.41) is 4.81. The summed E-state index contributed by atoms with van der Waals surface area (Å²) in [6.45, 7) is 2.88. The van der Waals surface area contributed by atoms with E-state index in [1.54, 1.807) is 17.1 Å². The van der Waals surface area contributed by atoms with Gasteiger partial charge in [0, 0.05) is 50.3 Å². The van der Waals surface area contributed by atoms with E-state index in [9.17, 15) is 4.79 Å². The lowest BCUT2D eigenvalue weighted by Crippen LogP contribution is -2.49. The molecule has 0 atom stereocenters. The SMILES string of the molecule is O=C(c1cn(-c2ccccc2)nc1-c1cccnc1)N1CCN(C(c2ccccc2)c2ccccc2)CC1. The van der Waals surface area contributed by atoms with Gasteiger partial charge in [-0.1, -0.05) is 78.9 Å². The Bertz CT molecular complexity index is 1440. The van der Waals surface area contributed by atoms with Gasteiger partial charge in [-0.05, 0) is 35.4 Å². The van der Waals surface area contributed by atoms with Crippen LogP contribution in [-0.4, -0.2) is 56.7 Å². The van der Waals surface area contributed by atoms with Gasteiger partial charge in [0.2, 0.25) is 0 Å². The van der Waals surface area contributed by atoms with Crippen molar-refractivity contribution in [2.24, 2.45) is 0 Å². The van der Waals surface area contributed by atoms with Gasteiger partial charge in [0.25, 0.3) is 5.91 Å². The average Bonchev–Trinajstić information content (AvgIpc) is 3.45. The van der Waals surface area contributed by atoms with Crippen molar-refractivity contribution in [3.63, 3.8) is 0 Å². The molecule has 0 spiro atoms. The second kappa shape index (κ2) is 10.8. The first kappa shape index (κ1) is 23.8. The molecule has 3 aromatic carbocycles. The molecule has 188 valence electrons. The number of amides is 1. The molecule has 0 saturated carbocycles. The van der Waals surface area contributed by atoms with Gasteiger partial charge in [0.1, 0.15) is 5.69 Å². The van der Waals surface area contributed by atoms with Crippen LogP contribution in [0.3, 0.4) is 0 Å². The second-order valence-electron chi connectivity index (χ2n) is 9.47. The molecule has 0 radical (unpaired) electrons. The largest absolute Gasteiger partial charge is 0.336 e. The van der Waals surface area contributed by atoms with E-state index in [2.05, 4.69) is 70.5 Å². The molecule has 38 heavy (non-hydrogen) atoms. The molecule has 0 unspecified atom stereocenters. The predicted octanol–water partition coefficient (Wildman–Crippen LogP) is 5.48. The molecule has 2 aromatic heterocycles. The summed E-state index contributed by atoms with van der Waals surface area (Å²) >= 11 is 0. The molecule has 0 aliphatic carbocycles. The fourth-order valence-corrected chi connectivity index (χ4v) is 5.20. The summed E-state index contributed by atoms with van der Waals surface area (Å²) in [5.74, 6) is 0.00153. The van der Waals surface area contributed by atoms with Crippen LogP contribution in [0.1, 0.15) is 27.5 Å². The Kier molecular flexibility index (Phi) is 6.79. The van der Waals surface area contributed by atoms with Gasteiger partial charge in [0.15, 0.2) is 0 Å². The highest BCUT2D eigenvalue weighted by atomic mass is 16.2. The molecule has 5 aromatic rings. The summed E-state index contributed by atoms with van der Waals surface area (Å²) in [6, 6.07) is 35.1. The quantitative estimate of drug-likeness (QED) is 0.310. The van der Waals surface area contributed by atoms with E-state index >= 15 is 0 Å². The van der Waals surface area contributed by atoms with Crippen LogP contribution in [0.25, 0.3) is 16.9 Å². The van der Waals surface area contributed by atoms with Crippen LogP contribution in [0.5, 0.6) is 0 Å². The number of hydrogen-bond acceptors (Lipinski definition) is 4. The first-order valence-corrected chi connectivity index (χ1v) is 13.0. The van der Waals surface area contributed by atoms with Crippen molar-refractivity contribution in [3.05, 3.63) is 138 Å². The Labute approximate surface area is 222 Å². The van der Waals surface area contributed by atoms with Crippen LogP contribution in [0.2, 0.25) is 0 Å². The number of pyridine rings is 1. The molecule has 6 heteroatoms. The summed E-state index contributed by atoms with van der Waals surface area (Å²) in [5.41, 5.74) is 5.52. The van der Waals surface area contributed by atoms with Crippen LogP contribution >= 0.6 is 0 Å². The molecule has 1 aliphatic rings. The van der Waals surface area contributed by atoms with Crippen molar-refractivity contribution >= 4 is 5.91 Å². The van der Waals surface area contributed by atoms with Gasteiger partial charge >= 0.3 is 0 Å². The lowest BCUT2D eigenvalue weighted by Gasteiger charge is -2.39. The highest BCUT2D eigenvalue weighted by Crippen LogP contribution is 2.30. The molecule has 3 heterocycles. The van der Waals surface area contributed by atoms with Crippen molar-refractivity contribution in [1.82, 2.24) is 24.6 Å². The number of carbonyl (C=O) groups is 1. The van der Waals surface area contributed by atoms with E-state index in [0.29, 0.717) is 24.3 Å². The van der Waals surface area contributed by atoms with Gasteiger partial charge in [-0.15, -0.1) is 0 Å². The van der Waals surface area contributed by atoms with E-state index in [0.717, 1.165) is 24.3 Å². The van der Waals surface area contributed by atoms with E-state index in [4.69, 9.17) is 5.10 Å². The number of rotatable bonds is 6. The first-order chi connectivity index (χ1) is 18.8. The minimum absolute atomic E-state index is 0.00153. The van der Waals surface area contributed by atoms with Gasteiger partial charge in [-0.3, -0.25) is 14.7 Å². The minimum Gasteiger partial charge on any atom is -0.336 e. The van der Waals surface area contributed by atoms with Crippen molar-refractivity contribution in [2.75, 3.05) is 26.2 Å². The van der Waals surface area contributed by atoms with Crippen molar-refractivity contribution < 1.29 is 4.79 Å². The van der Waals surface area contributed by atoms with Gasteiger partial charge in [0.05, 0.1) is 17.3 Å². The van der Waals surface area contributed by atoms with Crippen molar-refractivity contribution in [2.45, 2.75) is 6.04 Å². The van der Waals surface area contributed by atoms with Gasteiger partial charge in [-0.25, -0.2) is 4.68 Å². The number of benzene rings is 3. The lowest BCUT2D eigenvalue weighted by molar-refractivity contribution is 0.0598. The minimum atomic E-state index is 0.00153. The second-order valence-corrected chi connectivity index (χ2v) is 9.47. The topological polar surface area (TPSA) is 54.3 Å². The third-order valence-corrected chi connectivity index (χ3v) is 7.10. The summed E-state index contributed by atoms with van der Waals surface area (Å²) in [6.07, 6.45) is 5.34. The normalized spacial score (nSPS) is 14.1. The molecular weight excluding hydrogens is 470 g/mol. The summed E-state index contributed by atoms with van der Waals surface area (Å²) < 4.78 is 1.78. The summed E-state index contributed by atoms with van der Waals surface area (Å²) in [7, 11) is 0. The van der Waals surface area contributed by atoms with Crippen molar-refractivity contribution in [3.8, 4) is 16.9 Å². The monoisotopic (exact) mass is 499 g/mol. The lowest BCUT2D eigenvalue weighted by atomic mass is 9.96. The first-order valence-electron chi connectivity index (χ1n) is 13.0. The fourth-order valence-electron chi connectivity index (χ4n) is 5.20. The highest BCUT2D eigenvalue weighted by Gasteiger charge is 2.30. The third-order valence-electron chi connectivity index (χ3n) is 7.10. The van der Waals surface area contributed by atoms with E-state index in [1.807, 2.05) is 53.6 Å². The van der Waals surface area contributed by atoms with Crippen LogP contribution < -0.4 is 0 Å². The smallest absolute Gasteiger partial charge is 0.257 e. The predicted molar refractivity (Wildman–Crippen MR) is 149 cm³/mol. The number of para-hydroxylation sites is 1. The van der Waals surface area contributed by atoms with E-state index in [-0.39, 0.29) is 11.9 Å². The van der Waals surface area contributed by atoms with Crippen LogP contribution in [0.4, 0.5) is 0 Å². The van der Waals surface area contributed by atoms with Crippen LogP contribution in [-0.2, 0) is 0 Å². The fraction of sp³-hybridized carbons (Fsp3) is 0.156. The zero-order chi connectivity index (χ0) is 25.7. The standard InChI is InChI=1S/C32H29N5O/c38-32(29-24-37(28-16-8-3-9-17-28)34-30(29)27-15-10-18-33-23-27)36-21-19-35(20-22-36)31(25-11-4-1-5-12-25)26-13-6-2-7-14-26/h1-18,23-24,31H,19-22H2.